The van der Waals surface area contributed by atoms with E-state index in [2.05, 4.69) is 0 Å². The first-order valence-electron chi connectivity index (χ1n) is 8.80. The molecule has 4 nitrogen and oxygen atoms in total. The zero-order valence-corrected chi connectivity index (χ0v) is 17.7. The number of carbonyl (C=O) groups is 1. The van der Waals surface area contributed by atoms with Crippen LogP contribution < -0.4 is 0 Å². The van der Waals surface area contributed by atoms with E-state index < -0.39 is 21.3 Å². The molecule has 0 saturated heterocycles. The Hall–Kier alpha value is -2.21. The number of allylic oxidation sites excluding steroid dienone is 4. The Kier molecular flexibility index (Phi) is 7.32. The summed E-state index contributed by atoms with van der Waals surface area (Å²) in [6.07, 6.45) is 6.29. The maximum atomic E-state index is 14.3. The maximum absolute atomic E-state index is 14.3. The second kappa shape index (κ2) is 8.65. The number of carbonyl (C=O) groups excluding carboxylic acids is 1. The van der Waals surface area contributed by atoms with Crippen LogP contribution in [-0.2, 0) is 19.4 Å². The predicted octanol–water partition coefficient (Wildman–Crippen LogP) is 4.87. The fourth-order valence-electron chi connectivity index (χ4n) is 2.67. The maximum Gasteiger partial charge on any atom is 0.210 e. The molecule has 1 aromatic carbocycles. The number of halogens is 1. The van der Waals surface area contributed by atoms with Gasteiger partial charge in [-0.05, 0) is 51.5 Å². The minimum Gasteiger partial charge on any atom is -0.478 e. The van der Waals surface area contributed by atoms with Crippen LogP contribution in [0.15, 0.2) is 52.5 Å². The minimum atomic E-state index is -3.67. The van der Waals surface area contributed by atoms with Gasteiger partial charge in [0.2, 0.25) is 5.78 Å². The Morgan fingerprint density at radius 3 is 2.22 bits per heavy atom. The Morgan fingerprint density at radius 2 is 1.78 bits per heavy atom. The molecule has 1 aliphatic heterocycles. The lowest BCUT2D eigenvalue weighted by molar-refractivity contribution is -0.126. The fraction of sp³-hybridized carbons (Fsp3) is 0.381. The molecule has 1 aliphatic rings. The molecule has 0 aliphatic carbocycles. The van der Waals surface area contributed by atoms with Crippen LogP contribution in [0.1, 0.15) is 47.1 Å². The first-order valence-corrected chi connectivity index (χ1v) is 10.7. The molecule has 2 rings (SSSR count). The highest BCUT2D eigenvalue weighted by atomic mass is 32.2. The summed E-state index contributed by atoms with van der Waals surface area (Å²) in [5.41, 5.74) is 0.271. The molecule has 0 N–H and O–H groups in total. The van der Waals surface area contributed by atoms with Crippen LogP contribution in [0.2, 0.25) is 0 Å². The third-order valence-electron chi connectivity index (χ3n) is 3.90. The highest BCUT2D eigenvalue weighted by molar-refractivity contribution is 7.90. The van der Waals surface area contributed by atoms with Crippen molar-refractivity contribution in [2.45, 2.75) is 52.0 Å². The summed E-state index contributed by atoms with van der Waals surface area (Å²) < 4.78 is 43.3. The van der Waals surface area contributed by atoms with E-state index in [1.807, 2.05) is 20.8 Å². The molecule has 0 atom stereocenters. The summed E-state index contributed by atoms with van der Waals surface area (Å²) in [4.78, 5) is 12.4. The van der Waals surface area contributed by atoms with Crippen molar-refractivity contribution in [3.8, 4) is 0 Å². The average Bonchev–Trinajstić information content (AvgIpc) is 2.83. The quantitative estimate of drug-likeness (QED) is 0.684. The standard InChI is InChI=1S/C19H21FO4S.C2H6/c1-6-8-12(7-2)16-17(24-19(3,4)18(16)21)13-9-10-15(14(20)11-13)25(5,22)23;1-2/h6-11H,1-5H3;1-2H3/b8-6-,12-7+;. The molecule has 0 saturated carbocycles. The largest absolute Gasteiger partial charge is 0.478 e. The van der Waals surface area contributed by atoms with Crippen molar-refractivity contribution in [2.24, 2.45) is 0 Å². The summed E-state index contributed by atoms with van der Waals surface area (Å²) in [5, 5.41) is 0. The highest BCUT2D eigenvalue weighted by Crippen LogP contribution is 2.40. The monoisotopic (exact) mass is 394 g/mol. The third kappa shape index (κ3) is 4.75. The van der Waals surface area contributed by atoms with Gasteiger partial charge in [-0.3, -0.25) is 4.79 Å². The predicted molar refractivity (Wildman–Crippen MR) is 107 cm³/mol. The van der Waals surface area contributed by atoms with Crippen molar-refractivity contribution in [1.29, 1.82) is 0 Å². The van der Waals surface area contributed by atoms with Crippen molar-refractivity contribution < 1.29 is 22.3 Å². The second-order valence-corrected chi connectivity index (χ2v) is 8.29. The van der Waals surface area contributed by atoms with Crippen LogP contribution in [0.5, 0.6) is 0 Å². The molecule has 0 unspecified atom stereocenters. The van der Waals surface area contributed by atoms with Crippen LogP contribution in [0, 0.1) is 5.82 Å². The van der Waals surface area contributed by atoms with Gasteiger partial charge in [0, 0.05) is 11.8 Å². The van der Waals surface area contributed by atoms with E-state index in [0.717, 1.165) is 12.3 Å². The van der Waals surface area contributed by atoms with E-state index in [9.17, 15) is 17.6 Å². The van der Waals surface area contributed by atoms with Crippen LogP contribution in [0.3, 0.4) is 0 Å². The molecule has 1 heterocycles. The van der Waals surface area contributed by atoms with Crippen molar-refractivity contribution in [3.63, 3.8) is 0 Å². The smallest absolute Gasteiger partial charge is 0.210 e. The Bertz CT molecular complexity index is 920. The molecular formula is C21H27FO4S. The number of rotatable bonds is 4. The summed E-state index contributed by atoms with van der Waals surface area (Å²) in [6, 6.07) is 3.73. The summed E-state index contributed by atoms with van der Waals surface area (Å²) in [6.45, 7) is 10.9. The van der Waals surface area contributed by atoms with Gasteiger partial charge < -0.3 is 4.74 Å². The number of Topliss-reactive ketones (excluding diaryl/α,β-unsaturated/α-hetero) is 1. The van der Waals surface area contributed by atoms with Crippen molar-refractivity contribution in [1.82, 2.24) is 0 Å². The van der Waals surface area contributed by atoms with Crippen LogP contribution in [0.25, 0.3) is 5.76 Å². The third-order valence-corrected chi connectivity index (χ3v) is 5.03. The van der Waals surface area contributed by atoms with Gasteiger partial charge in [-0.25, -0.2) is 12.8 Å². The zero-order valence-electron chi connectivity index (χ0n) is 16.9. The van der Waals surface area contributed by atoms with Gasteiger partial charge in [0.25, 0.3) is 0 Å². The molecule has 1 aromatic rings. The fourth-order valence-corrected chi connectivity index (χ4v) is 3.40. The number of benzene rings is 1. The minimum absolute atomic E-state index is 0.207. The molecule has 148 valence electrons. The summed E-state index contributed by atoms with van der Waals surface area (Å²) >= 11 is 0. The number of sulfone groups is 1. The van der Waals surface area contributed by atoms with E-state index in [4.69, 9.17) is 4.74 Å². The van der Waals surface area contributed by atoms with E-state index >= 15 is 0 Å². The van der Waals surface area contributed by atoms with E-state index in [-0.39, 0.29) is 16.4 Å². The average molecular weight is 395 g/mol. The van der Waals surface area contributed by atoms with Crippen molar-refractivity contribution >= 4 is 21.4 Å². The van der Waals surface area contributed by atoms with Crippen molar-refractivity contribution in [3.05, 3.63) is 59.0 Å². The Labute approximate surface area is 161 Å². The van der Waals surface area contributed by atoms with Crippen LogP contribution in [0.4, 0.5) is 4.39 Å². The highest BCUT2D eigenvalue weighted by Gasteiger charge is 2.43. The molecule has 0 bridgehead atoms. The molecule has 27 heavy (non-hydrogen) atoms. The normalized spacial score (nSPS) is 17.0. The van der Waals surface area contributed by atoms with Gasteiger partial charge in [0.15, 0.2) is 15.4 Å². The van der Waals surface area contributed by atoms with Gasteiger partial charge in [-0.1, -0.05) is 32.1 Å². The molecule has 0 fully saturated rings. The lowest BCUT2D eigenvalue weighted by atomic mass is 9.92. The first-order chi connectivity index (χ1) is 12.5. The number of ether oxygens (including phenoxy) is 1. The summed E-state index contributed by atoms with van der Waals surface area (Å²) in [5.74, 6) is -0.831. The van der Waals surface area contributed by atoms with Gasteiger partial charge in [0.05, 0.1) is 5.57 Å². The SMILES string of the molecule is C/C=C\C(=C/C)C1=C(c2ccc(S(C)(=O)=O)c(F)c2)OC(C)(C)C1=O.CC. The number of ketones is 1. The van der Waals surface area contributed by atoms with E-state index in [1.54, 1.807) is 39.0 Å². The number of hydrogen-bond donors (Lipinski definition) is 0. The molecule has 6 heteroatoms. The van der Waals surface area contributed by atoms with Gasteiger partial charge in [-0.15, -0.1) is 0 Å². The molecule has 0 radical (unpaired) electrons. The number of hydrogen-bond acceptors (Lipinski definition) is 4. The molecule has 0 aromatic heterocycles. The van der Waals surface area contributed by atoms with Crippen molar-refractivity contribution in [2.75, 3.05) is 6.26 Å². The van der Waals surface area contributed by atoms with Gasteiger partial charge in [0.1, 0.15) is 16.5 Å². The second-order valence-electron chi connectivity index (χ2n) is 6.31. The topological polar surface area (TPSA) is 60.4 Å². The molecule has 0 spiro atoms. The molecular weight excluding hydrogens is 367 g/mol. The van der Waals surface area contributed by atoms with Crippen LogP contribution in [-0.4, -0.2) is 26.1 Å². The van der Waals surface area contributed by atoms with E-state index in [0.29, 0.717) is 16.7 Å². The Balaban J connectivity index is 0.00000176. The van der Waals surface area contributed by atoms with Crippen LogP contribution >= 0.6 is 0 Å². The lowest BCUT2D eigenvalue weighted by Crippen LogP contribution is -2.29. The zero-order chi connectivity index (χ0) is 21.0. The summed E-state index contributed by atoms with van der Waals surface area (Å²) in [7, 11) is -3.67. The van der Waals surface area contributed by atoms with E-state index in [1.165, 1.54) is 12.1 Å². The lowest BCUT2D eigenvalue weighted by Gasteiger charge is -2.18. The van der Waals surface area contributed by atoms with Gasteiger partial charge >= 0.3 is 0 Å². The first kappa shape index (κ1) is 22.8. The molecule has 0 amide bonds. The van der Waals surface area contributed by atoms with Gasteiger partial charge in [-0.2, -0.15) is 0 Å². The Morgan fingerprint density at radius 1 is 1.19 bits per heavy atom.